The fourth-order valence-electron chi connectivity index (χ4n) is 2.27. The first-order chi connectivity index (χ1) is 8.36. The number of fused-ring (bicyclic) bond motifs is 1. The van der Waals surface area contributed by atoms with Gasteiger partial charge in [0.15, 0.2) is 0 Å². The molecule has 0 radical (unpaired) electrons. The van der Waals surface area contributed by atoms with Crippen molar-refractivity contribution in [2.75, 3.05) is 31.1 Å². The largest absolute Gasteiger partial charge is 0.354 e. The van der Waals surface area contributed by atoms with Gasteiger partial charge in [-0.15, -0.1) is 0 Å². The predicted octanol–water partition coefficient (Wildman–Crippen LogP) is 2.25. The highest BCUT2D eigenvalue weighted by Crippen LogP contribution is 2.27. The van der Waals surface area contributed by atoms with E-state index in [1.54, 1.807) is 0 Å². The number of rotatable bonds is 1. The van der Waals surface area contributed by atoms with Gasteiger partial charge in [0.25, 0.3) is 0 Å². The van der Waals surface area contributed by atoms with E-state index in [9.17, 15) is 0 Å². The van der Waals surface area contributed by atoms with Gasteiger partial charge in [0.1, 0.15) is 5.82 Å². The van der Waals surface area contributed by atoms with Crippen LogP contribution < -0.4 is 10.2 Å². The van der Waals surface area contributed by atoms with E-state index in [0.717, 1.165) is 32.0 Å². The molecule has 1 N–H and O–H groups in total. The third-order valence-corrected chi connectivity index (χ3v) is 4.00. The van der Waals surface area contributed by atoms with E-state index in [0.29, 0.717) is 0 Å². The normalized spacial score (nSPS) is 16.4. The van der Waals surface area contributed by atoms with Crippen molar-refractivity contribution >= 4 is 39.2 Å². The monoisotopic (exact) mass is 339 g/mol. The zero-order chi connectivity index (χ0) is 11.7. The van der Waals surface area contributed by atoms with Crippen molar-refractivity contribution in [2.45, 2.75) is 0 Å². The molecule has 2 heterocycles. The van der Waals surface area contributed by atoms with Gasteiger partial charge in [0.05, 0.1) is 0 Å². The lowest BCUT2D eigenvalue weighted by molar-refractivity contribution is 0.586. The van der Waals surface area contributed by atoms with E-state index in [-0.39, 0.29) is 0 Å². The maximum atomic E-state index is 4.62. The van der Waals surface area contributed by atoms with Crippen molar-refractivity contribution in [2.24, 2.45) is 0 Å². The van der Waals surface area contributed by atoms with E-state index < -0.39 is 0 Å². The molecule has 2 aromatic rings. The van der Waals surface area contributed by atoms with Gasteiger partial charge in [0, 0.05) is 46.7 Å². The van der Waals surface area contributed by atoms with Crippen LogP contribution in [0, 0.1) is 3.57 Å². The van der Waals surface area contributed by atoms with Gasteiger partial charge in [0.2, 0.25) is 0 Å². The van der Waals surface area contributed by atoms with E-state index >= 15 is 0 Å². The van der Waals surface area contributed by atoms with Gasteiger partial charge in [-0.1, -0.05) is 24.3 Å². The number of nitrogens with zero attached hydrogens (tertiary/aromatic N) is 2. The number of aromatic nitrogens is 1. The van der Waals surface area contributed by atoms with Crippen LogP contribution in [-0.2, 0) is 0 Å². The Balaban J connectivity index is 2.12. The maximum absolute atomic E-state index is 4.62. The summed E-state index contributed by atoms with van der Waals surface area (Å²) in [5.41, 5.74) is 0. The van der Waals surface area contributed by atoms with Crippen LogP contribution in [0.1, 0.15) is 0 Å². The average Bonchev–Trinajstić information content (AvgIpc) is 2.41. The van der Waals surface area contributed by atoms with Crippen LogP contribution in [0.2, 0.25) is 0 Å². The second-order valence-corrected chi connectivity index (χ2v) is 5.37. The third kappa shape index (κ3) is 2.11. The second-order valence-electron chi connectivity index (χ2n) is 4.21. The Bertz CT molecular complexity index is 535. The lowest BCUT2D eigenvalue weighted by Gasteiger charge is -2.29. The summed E-state index contributed by atoms with van der Waals surface area (Å²) in [6.45, 7) is 4.17. The molecular formula is C13H14IN3. The lowest BCUT2D eigenvalue weighted by atomic mass is 10.1. The van der Waals surface area contributed by atoms with Gasteiger partial charge in [-0.05, 0) is 22.6 Å². The van der Waals surface area contributed by atoms with Gasteiger partial charge in [-0.2, -0.15) is 0 Å². The molecule has 17 heavy (non-hydrogen) atoms. The van der Waals surface area contributed by atoms with E-state index in [1.807, 2.05) is 6.20 Å². The quantitative estimate of drug-likeness (QED) is 0.808. The summed E-state index contributed by atoms with van der Waals surface area (Å²) in [4.78, 5) is 6.99. The van der Waals surface area contributed by atoms with Crippen LogP contribution in [-0.4, -0.2) is 31.2 Å². The molecule has 0 unspecified atom stereocenters. The Hall–Kier alpha value is -0.880. The second kappa shape index (κ2) is 4.78. The molecule has 3 nitrogen and oxygen atoms in total. The van der Waals surface area contributed by atoms with Crippen molar-refractivity contribution in [3.8, 4) is 0 Å². The van der Waals surface area contributed by atoms with Crippen molar-refractivity contribution < 1.29 is 0 Å². The fraction of sp³-hybridized carbons (Fsp3) is 0.308. The Morgan fingerprint density at radius 1 is 1.12 bits per heavy atom. The summed E-state index contributed by atoms with van der Waals surface area (Å²) in [5.74, 6) is 1.13. The molecule has 0 saturated carbocycles. The Kier molecular flexibility index (Phi) is 3.15. The smallest absolute Gasteiger partial charge is 0.136 e. The molecule has 4 heteroatoms. The highest BCUT2D eigenvalue weighted by Gasteiger charge is 2.15. The molecule has 1 fully saturated rings. The number of halogens is 1. The molecule has 1 aliphatic heterocycles. The first kappa shape index (κ1) is 11.2. The summed E-state index contributed by atoms with van der Waals surface area (Å²) >= 11 is 2.35. The molecule has 0 atom stereocenters. The molecule has 0 amide bonds. The molecule has 1 saturated heterocycles. The Morgan fingerprint density at radius 3 is 2.59 bits per heavy atom. The number of hydrogen-bond acceptors (Lipinski definition) is 3. The van der Waals surface area contributed by atoms with Crippen molar-refractivity contribution in [3.05, 3.63) is 34.0 Å². The molecular weight excluding hydrogens is 325 g/mol. The van der Waals surface area contributed by atoms with Crippen molar-refractivity contribution in [3.63, 3.8) is 0 Å². The van der Waals surface area contributed by atoms with Gasteiger partial charge in [-0.25, -0.2) is 4.98 Å². The predicted molar refractivity (Wildman–Crippen MR) is 79.5 cm³/mol. The van der Waals surface area contributed by atoms with Crippen LogP contribution in [0.3, 0.4) is 0 Å². The standard InChI is InChI=1S/C13H14IN3/c14-12-9-16-13(17-7-5-15-6-8-17)11-4-2-1-3-10(11)12/h1-4,9,15H,5-8H2. The first-order valence-electron chi connectivity index (χ1n) is 5.85. The minimum absolute atomic E-state index is 1.04. The molecule has 3 rings (SSSR count). The number of hydrogen-bond donors (Lipinski definition) is 1. The van der Waals surface area contributed by atoms with E-state index in [2.05, 4.69) is 62.1 Å². The minimum atomic E-state index is 1.04. The van der Waals surface area contributed by atoms with Crippen LogP contribution in [0.25, 0.3) is 10.8 Å². The summed E-state index contributed by atoms with van der Waals surface area (Å²) in [5, 5.41) is 5.94. The molecule has 88 valence electrons. The van der Waals surface area contributed by atoms with Gasteiger partial charge < -0.3 is 10.2 Å². The number of anilines is 1. The topological polar surface area (TPSA) is 28.2 Å². The molecule has 0 spiro atoms. The van der Waals surface area contributed by atoms with Crippen molar-refractivity contribution in [1.82, 2.24) is 10.3 Å². The van der Waals surface area contributed by atoms with Crippen LogP contribution in [0.5, 0.6) is 0 Å². The molecule has 0 bridgehead atoms. The number of pyridine rings is 1. The Morgan fingerprint density at radius 2 is 1.82 bits per heavy atom. The Labute approximate surface area is 114 Å². The molecule has 1 aromatic heterocycles. The SMILES string of the molecule is Ic1cnc(N2CCNCC2)c2ccccc12. The zero-order valence-corrected chi connectivity index (χ0v) is 11.6. The van der Waals surface area contributed by atoms with Gasteiger partial charge >= 0.3 is 0 Å². The highest BCUT2D eigenvalue weighted by molar-refractivity contribution is 14.1. The minimum Gasteiger partial charge on any atom is -0.354 e. The summed E-state index contributed by atoms with van der Waals surface area (Å²) in [6.07, 6.45) is 1.97. The fourth-order valence-corrected chi connectivity index (χ4v) is 2.88. The molecule has 0 aliphatic carbocycles. The van der Waals surface area contributed by atoms with E-state index in [1.165, 1.54) is 14.3 Å². The lowest BCUT2D eigenvalue weighted by Crippen LogP contribution is -2.44. The summed E-state index contributed by atoms with van der Waals surface area (Å²) in [6, 6.07) is 8.52. The zero-order valence-electron chi connectivity index (χ0n) is 9.49. The number of piperazine rings is 1. The van der Waals surface area contributed by atoms with Crippen LogP contribution in [0.4, 0.5) is 5.82 Å². The van der Waals surface area contributed by atoms with Crippen molar-refractivity contribution in [1.29, 1.82) is 0 Å². The number of nitrogens with one attached hydrogen (secondary N) is 1. The van der Waals surface area contributed by atoms with Gasteiger partial charge in [-0.3, -0.25) is 0 Å². The highest BCUT2D eigenvalue weighted by atomic mass is 127. The molecule has 1 aliphatic rings. The molecule has 1 aromatic carbocycles. The first-order valence-corrected chi connectivity index (χ1v) is 6.93. The van der Waals surface area contributed by atoms with Crippen LogP contribution in [0.15, 0.2) is 30.5 Å². The number of benzene rings is 1. The summed E-state index contributed by atoms with van der Waals surface area (Å²) in [7, 11) is 0. The summed E-state index contributed by atoms with van der Waals surface area (Å²) < 4.78 is 1.22. The van der Waals surface area contributed by atoms with E-state index in [4.69, 9.17) is 0 Å². The van der Waals surface area contributed by atoms with Crippen LogP contribution >= 0.6 is 22.6 Å². The average molecular weight is 339 g/mol. The maximum Gasteiger partial charge on any atom is 0.136 e. The third-order valence-electron chi connectivity index (χ3n) is 3.14.